The second-order valence-electron chi connectivity index (χ2n) is 6.08. The van der Waals surface area contributed by atoms with Gasteiger partial charge in [0.05, 0.1) is 43.4 Å². The monoisotopic (exact) mass is 377 g/mol. The van der Waals surface area contributed by atoms with Crippen molar-refractivity contribution in [2.24, 2.45) is 0 Å². The van der Waals surface area contributed by atoms with E-state index in [1.807, 2.05) is 47.3 Å². The van der Waals surface area contributed by atoms with Crippen molar-refractivity contribution in [2.45, 2.75) is 13.3 Å². The molecular formula is C20H19N5O3. The van der Waals surface area contributed by atoms with Gasteiger partial charge in [0.2, 0.25) is 5.88 Å². The number of esters is 1. The molecule has 0 aliphatic heterocycles. The summed E-state index contributed by atoms with van der Waals surface area (Å²) in [4.78, 5) is 20.6. The first-order valence-electron chi connectivity index (χ1n) is 8.86. The molecule has 0 atom stereocenters. The molecule has 0 N–H and O–H groups in total. The molecule has 0 aliphatic rings. The number of ether oxygens (including phenoxy) is 2. The van der Waals surface area contributed by atoms with E-state index in [4.69, 9.17) is 9.47 Å². The van der Waals surface area contributed by atoms with Crippen LogP contribution < -0.4 is 4.74 Å². The van der Waals surface area contributed by atoms with Crippen LogP contribution in [-0.4, -0.2) is 44.0 Å². The Balaban J connectivity index is 1.68. The Morgan fingerprint density at radius 1 is 1.14 bits per heavy atom. The van der Waals surface area contributed by atoms with Crippen LogP contribution >= 0.6 is 0 Å². The van der Waals surface area contributed by atoms with Crippen molar-refractivity contribution in [3.8, 4) is 17.5 Å². The van der Waals surface area contributed by atoms with Crippen LogP contribution in [0.5, 0.6) is 5.88 Å². The first-order valence-corrected chi connectivity index (χ1v) is 8.86. The molecule has 0 radical (unpaired) electrons. The molecule has 8 heteroatoms. The Morgan fingerprint density at radius 2 is 1.96 bits per heavy atom. The molecule has 3 heterocycles. The van der Waals surface area contributed by atoms with Gasteiger partial charge in [0.1, 0.15) is 0 Å². The van der Waals surface area contributed by atoms with E-state index in [0.717, 1.165) is 16.5 Å². The summed E-state index contributed by atoms with van der Waals surface area (Å²) in [6.07, 6.45) is 7.19. The summed E-state index contributed by atoms with van der Waals surface area (Å²) in [6, 6.07) is 9.63. The zero-order valence-electron chi connectivity index (χ0n) is 15.6. The fourth-order valence-corrected chi connectivity index (χ4v) is 3.00. The van der Waals surface area contributed by atoms with Gasteiger partial charge in [-0.25, -0.2) is 9.67 Å². The normalized spacial score (nSPS) is 10.9. The lowest BCUT2D eigenvalue weighted by molar-refractivity contribution is -0.142. The first-order chi connectivity index (χ1) is 13.7. The first kappa shape index (κ1) is 17.7. The van der Waals surface area contributed by atoms with Crippen molar-refractivity contribution in [1.29, 1.82) is 0 Å². The molecule has 0 aliphatic carbocycles. The number of carbonyl (C=O) groups excluding carboxylic acids is 1. The predicted octanol–water partition coefficient (Wildman–Crippen LogP) is 2.72. The van der Waals surface area contributed by atoms with Crippen LogP contribution in [0.3, 0.4) is 0 Å². The Bertz CT molecular complexity index is 1130. The van der Waals surface area contributed by atoms with Gasteiger partial charge in [-0.2, -0.15) is 0 Å². The van der Waals surface area contributed by atoms with E-state index in [1.54, 1.807) is 31.1 Å². The smallest absolute Gasteiger partial charge is 0.310 e. The van der Waals surface area contributed by atoms with E-state index < -0.39 is 0 Å². The quantitative estimate of drug-likeness (QED) is 0.481. The molecule has 0 fully saturated rings. The lowest BCUT2D eigenvalue weighted by Crippen LogP contribution is -2.07. The number of benzene rings is 1. The second-order valence-corrected chi connectivity index (χ2v) is 6.08. The van der Waals surface area contributed by atoms with Crippen molar-refractivity contribution < 1.29 is 14.3 Å². The number of nitrogens with zero attached hydrogens (tertiary/aromatic N) is 5. The van der Waals surface area contributed by atoms with Crippen LogP contribution in [-0.2, 0) is 16.0 Å². The molecule has 0 spiro atoms. The predicted molar refractivity (Wildman–Crippen MR) is 103 cm³/mol. The highest BCUT2D eigenvalue weighted by Gasteiger charge is 2.14. The molecule has 1 aromatic carbocycles. The number of para-hydroxylation sites is 1. The lowest BCUT2D eigenvalue weighted by atomic mass is 10.2. The highest BCUT2D eigenvalue weighted by atomic mass is 16.5. The Kier molecular flexibility index (Phi) is 4.76. The van der Waals surface area contributed by atoms with E-state index in [9.17, 15) is 4.79 Å². The zero-order valence-corrected chi connectivity index (χ0v) is 15.6. The van der Waals surface area contributed by atoms with Crippen LogP contribution in [0.1, 0.15) is 12.5 Å². The number of carbonyl (C=O) groups is 1. The number of fused-ring (bicyclic) bond motifs is 1. The fraction of sp³-hybridized carbons (Fsp3) is 0.200. The standard InChI is InChI=1S/C20H19N5O3/c1-3-28-19(26)10-14-8-9-24(13-14)17-11-21-12-18(22-17)25-16-7-5-4-6-15(16)20(23-25)27-2/h4-9,11-13H,3,10H2,1-2H3. The maximum Gasteiger partial charge on any atom is 0.310 e. The highest BCUT2D eigenvalue weighted by Crippen LogP contribution is 2.26. The molecule has 0 unspecified atom stereocenters. The molecule has 8 nitrogen and oxygen atoms in total. The minimum Gasteiger partial charge on any atom is -0.479 e. The van der Waals surface area contributed by atoms with Crippen molar-refractivity contribution in [2.75, 3.05) is 13.7 Å². The second kappa shape index (κ2) is 7.51. The van der Waals surface area contributed by atoms with E-state index in [1.165, 1.54) is 0 Å². The third-order valence-electron chi connectivity index (χ3n) is 4.25. The van der Waals surface area contributed by atoms with Crippen molar-refractivity contribution in [1.82, 2.24) is 24.3 Å². The summed E-state index contributed by atoms with van der Waals surface area (Å²) in [6.45, 7) is 2.16. The Morgan fingerprint density at radius 3 is 2.79 bits per heavy atom. The molecule has 0 bridgehead atoms. The summed E-state index contributed by atoms with van der Waals surface area (Å²) in [5.41, 5.74) is 1.72. The van der Waals surface area contributed by atoms with Gasteiger partial charge in [-0.05, 0) is 30.7 Å². The Hall–Kier alpha value is -3.68. The van der Waals surface area contributed by atoms with Crippen LogP contribution in [0.25, 0.3) is 22.5 Å². The van der Waals surface area contributed by atoms with Crippen molar-refractivity contribution >= 4 is 16.9 Å². The molecule has 0 amide bonds. The van der Waals surface area contributed by atoms with Crippen LogP contribution in [0, 0.1) is 0 Å². The van der Waals surface area contributed by atoms with Crippen LogP contribution in [0.4, 0.5) is 0 Å². The minimum atomic E-state index is -0.254. The van der Waals surface area contributed by atoms with Crippen molar-refractivity contribution in [3.63, 3.8) is 0 Å². The van der Waals surface area contributed by atoms with Gasteiger partial charge in [-0.1, -0.05) is 12.1 Å². The van der Waals surface area contributed by atoms with Gasteiger partial charge in [-0.3, -0.25) is 9.78 Å². The SMILES string of the molecule is CCOC(=O)Cc1ccn(-c2cncc(-n3nc(OC)c4ccccc43)n2)c1. The van der Waals surface area contributed by atoms with E-state index >= 15 is 0 Å². The maximum absolute atomic E-state index is 11.7. The number of rotatable bonds is 6. The molecule has 3 aromatic heterocycles. The van der Waals surface area contributed by atoms with E-state index in [-0.39, 0.29) is 12.4 Å². The summed E-state index contributed by atoms with van der Waals surface area (Å²) in [5, 5.41) is 5.40. The largest absolute Gasteiger partial charge is 0.479 e. The van der Waals surface area contributed by atoms with E-state index in [2.05, 4.69) is 15.1 Å². The summed E-state index contributed by atoms with van der Waals surface area (Å²) >= 11 is 0. The molecule has 4 rings (SSSR count). The maximum atomic E-state index is 11.7. The highest BCUT2D eigenvalue weighted by molar-refractivity contribution is 5.85. The van der Waals surface area contributed by atoms with Crippen LogP contribution in [0.2, 0.25) is 0 Å². The number of aromatic nitrogens is 5. The number of hydrogen-bond acceptors (Lipinski definition) is 6. The van der Waals surface area contributed by atoms with Gasteiger partial charge >= 0.3 is 5.97 Å². The fourth-order valence-electron chi connectivity index (χ4n) is 3.00. The Labute approximate surface area is 161 Å². The summed E-state index contributed by atoms with van der Waals surface area (Å²) < 4.78 is 13.9. The lowest BCUT2D eigenvalue weighted by Gasteiger charge is -2.06. The average molecular weight is 377 g/mol. The molecule has 28 heavy (non-hydrogen) atoms. The molecule has 142 valence electrons. The van der Waals surface area contributed by atoms with Gasteiger partial charge in [0, 0.05) is 12.4 Å². The average Bonchev–Trinajstić information content (AvgIpc) is 3.33. The molecule has 0 saturated heterocycles. The number of methoxy groups -OCH3 is 1. The van der Waals surface area contributed by atoms with Crippen molar-refractivity contribution in [3.05, 3.63) is 60.7 Å². The van der Waals surface area contributed by atoms with Gasteiger partial charge in [-0.15, -0.1) is 5.10 Å². The van der Waals surface area contributed by atoms with Gasteiger partial charge in [0.15, 0.2) is 11.6 Å². The third-order valence-corrected chi connectivity index (χ3v) is 4.25. The summed E-state index contributed by atoms with van der Waals surface area (Å²) in [5.74, 6) is 1.46. The van der Waals surface area contributed by atoms with Gasteiger partial charge in [0.25, 0.3) is 0 Å². The number of hydrogen-bond donors (Lipinski definition) is 0. The third kappa shape index (κ3) is 3.32. The molecular weight excluding hydrogens is 358 g/mol. The minimum absolute atomic E-state index is 0.217. The molecule has 4 aromatic rings. The van der Waals surface area contributed by atoms with Gasteiger partial charge < -0.3 is 14.0 Å². The zero-order chi connectivity index (χ0) is 19.5. The topological polar surface area (TPSA) is 84.1 Å². The molecule has 0 saturated carbocycles. The van der Waals surface area contributed by atoms with Crippen LogP contribution in [0.15, 0.2) is 55.1 Å². The summed E-state index contributed by atoms with van der Waals surface area (Å²) in [7, 11) is 1.59. The van der Waals surface area contributed by atoms with E-state index in [0.29, 0.717) is 24.1 Å².